The highest BCUT2D eigenvalue weighted by molar-refractivity contribution is 7.53. The number of unbranched alkanes of at least 4 members (excludes halogenated alkanes) is 7. The maximum atomic E-state index is 13.2. The third-order valence-electron chi connectivity index (χ3n) is 14.7. The molecule has 2 heterocycles. The smallest absolute Gasteiger partial charge is 0.330 e. The molecule has 2 rings (SSSR count). The molecule has 31 heteroatoms. The summed E-state index contributed by atoms with van der Waals surface area (Å²) >= 11 is 0. The van der Waals surface area contributed by atoms with Crippen LogP contribution in [0.2, 0.25) is 0 Å². The number of rotatable bonds is 51. The first-order valence-corrected chi connectivity index (χ1v) is 32.9. The van der Waals surface area contributed by atoms with Crippen molar-refractivity contribution in [3.63, 3.8) is 0 Å². The molecular formula is C58H105N6O24P. The van der Waals surface area contributed by atoms with Gasteiger partial charge in [-0.05, 0) is 64.2 Å². The van der Waals surface area contributed by atoms with Crippen molar-refractivity contribution in [3.8, 4) is 0 Å². The van der Waals surface area contributed by atoms with E-state index in [9.17, 15) is 83.6 Å². The van der Waals surface area contributed by atoms with Crippen LogP contribution in [0.1, 0.15) is 163 Å². The summed E-state index contributed by atoms with van der Waals surface area (Å²) in [4.78, 5) is 109. The standard InChI is InChI=1S/C58H105N6O24P/c1-39(2)89(80,81)86-31-13-6-5-12-26-59-47(73)22-16-23-49(75)64-58(36-67,37-82-32-24-43(71)19-9-7-8-18-42(70)20-10-14-29-84-56-50(62-40(3)68)54(78)52(76)44(34-65)87-56)38-83-33-25-48(74)61-28-17-27-60-46(72)21-11-15-30-85-57-51(63-41(4)69)55(79)53(77)45(35-66)88-57/h39,44-45,50-57,65-67,76-79H,5-38H2,1-4H3,(H,59,73)(H,60,72)(H,61,74)(H,62,68)(H,63,69)(H,64,75)(H,80,81)/t44?,45?,50?,51?,52-,53-,54+,55+,56+,57+,58?/m0/s1. The maximum absolute atomic E-state index is 13.2. The van der Waals surface area contributed by atoms with Gasteiger partial charge in [-0.2, -0.15) is 0 Å². The molecule has 0 aromatic rings. The highest BCUT2D eigenvalue weighted by atomic mass is 31.2. The molecule has 516 valence electrons. The summed E-state index contributed by atoms with van der Waals surface area (Å²) < 4.78 is 51.1. The van der Waals surface area contributed by atoms with Gasteiger partial charge in [-0.1, -0.05) is 33.1 Å². The van der Waals surface area contributed by atoms with Crippen molar-refractivity contribution in [2.45, 2.75) is 235 Å². The van der Waals surface area contributed by atoms with Crippen LogP contribution >= 0.6 is 7.60 Å². The Morgan fingerprint density at radius 3 is 1.37 bits per heavy atom. The first-order chi connectivity index (χ1) is 42.4. The molecule has 30 nitrogen and oxygen atoms in total. The molecule has 89 heavy (non-hydrogen) atoms. The molecule has 12 atom stereocenters. The zero-order chi connectivity index (χ0) is 66.2. The van der Waals surface area contributed by atoms with E-state index in [4.69, 9.17) is 32.9 Å². The van der Waals surface area contributed by atoms with E-state index in [0.717, 1.165) is 12.8 Å². The Balaban J connectivity index is 1.76. The number of Topliss-reactive ketones (excluding diaryl/α,β-unsaturated/α-hetero) is 2. The first kappa shape index (κ1) is 80.9. The van der Waals surface area contributed by atoms with Crippen LogP contribution in [0.3, 0.4) is 0 Å². The summed E-state index contributed by atoms with van der Waals surface area (Å²) in [7, 11) is -3.61. The van der Waals surface area contributed by atoms with Crippen LogP contribution in [-0.2, 0) is 75.9 Å². The molecule has 0 bridgehead atoms. The Bertz CT molecular complexity index is 2030. The van der Waals surface area contributed by atoms with Crippen molar-refractivity contribution >= 4 is 54.6 Å². The van der Waals surface area contributed by atoms with Gasteiger partial charge >= 0.3 is 7.60 Å². The van der Waals surface area contributed by atoms with E-state index >= 15 is 0 Å². The predicted octanol–water partition coefficient (Wildman–Crippen LogP) is -0.923. The van der Waals surface area contributed by atoms with Gasteiger partial charge in [-0.15, -0.1) is 0 Å². The molecular weight excluding hydrogens is 1200 g/mol. The Morgan fingerprint density at radius 1 is 0.483 bits per heavy atom. The van der Waals surface area contributed by atoms with E-state index < -0.39 is 118 Å². The third kappa shape index (κ3) is 34.3. The average molecular weight is 1300 g/mol. The lowest BCUT2D eigenvalue weighted by Gasteiger charge is -2.42. The van der Waals surface area contributed by atoms with Crippen molar-refractivity contribution in [3.05, 3.63) is 0 Å². The molecule has 6 amide bonds. The fraction of sp³-hybridized carbons (Fsp3) is 0.862. The van der Waals surface area contributed by atoms with E-state index in [-0.39, 0.29) is 134 Å². The number of ketones is 2. The number of aliphatic hydroxyl groups is 7. The fourth-order valence-electron chi connectivity index (χ4n) is 9.37. The lowest BCUT2D eigenvalue weighted by atomic mass is 9.97. The molecule has 2 fully saturated rings. The Labute approximate surface area is 522 Å². The SMILES string of the molecule is CC(=O)NC1[C@H](OCCCCC(=O)CCCCCC(=O)CCOCC(CO)(COCCC(=O)NCCCNC(=O)CCCCO[C@@H]2OC(CO)[C@H](O)[C@H](O)C2NC(C)=O)NC(=O)CCCC(=O)NCCCCCCOP(=O)(O)C(C)C)OC(CO)[C@H](O)[C@@H]1O. The summed E-state index contributed by atoms with van der Waals surface area (Å²) in [5.74, 6) is -2.34. The summed E-state index contributed by atoms with van der Waals surface area (Å²) in [6, 6.07) is -2.13. The van der Waals surface area contributed by atoms with Crippen LogP contribution in [-0.4, -0.2) is 246 Å². The number of aliphatic hydroxyl groups excluding tert-OH is 7. The van der Waals surface area contributed by atoms with Crippen LogP contribution < -0.4 is 31.9 Å². The molecule has 0 saturated carbocycles. The summed E-state index contributed by atoms with van der Waals surface area (Å²) in [6.45, 7) is 4.59. The second-order valence-electron chi connectivity index (χ2n) is 22.9. The van der Waals surface area contributed by atoms with Gasteiger partial charge in [0.2, 0.25) is 35.4 Å². The van der Waals surface area contributed by atoms with E-state index in [2.05, 4.69) is 31.9 Å². The molecule has 0 radical (unpaired) electrons. The fourth-order valence-corrected chi connectivity index (χ4v) is 10.1. The third-order valence-corrected chi connectivity index (χ3v) is 16.6. The van der Waals surface area contributed by atoms with E-state index in [1.54, 1.807) is 13.8 Å². The highest BCUT2D eigenvalue weighted by Crippen LogP contribution is 2.47. The second-order valence-corrected chi connectivity index (χ2v) is 25.3. The van der Waals surface area contributed by atoms with Crippen LogP contribution in [0.15, 0.2) is 0 Å². The summed E-state index contributed by atoms with van der Waals surface area (Å²) in [6.07, 6.45) is -2.24. The zero-order valence-corrected chi connectivity index (χ0v) is 53.3. The quantitative estimate of drug-likeness (QED) is 0.0259. The number of carbonyl (C=O) groups excluding carboxylic acids is 8. The topological polar surface area (TPSA) is 452 Å². The van der Waals surface area contributed by atoms with Crippen molar-refractivity contribution in [2.24, 2.45) is 0 Å². The van der Waals surface area contributed by atoms with Crippen molar-refractivity contribution in [1.82, 2.24) is 31.9 Å². The van der Waals surface area contributed by atoms with Crippen LogP contribution in [0.25, 0.3) is 0 Å². The average Bonchev–Trinajstić information content (AvgIpc) is 3.47. The Hall–Kier alpha value is -4.21. The minimum absolute atomic E-state index is 0.0379. The molecule has 14 N–H and O–H groups in total. The molecule has 0 aromatic heterocycles. The molecule has 2 aliphatic heterocycles. The second kappa shape index (κ2) is 46.0. The van der Waals surface area contributed by atoms with Gasteiger partial charge in [-0.3, -0.25) is 42.9 Å². The van der Waals surface area contributed by atoms with Crippen LogP contribution in [0.5, 0.6) is 0 Å². The molecule has 0 spiro atoms. The van der Waals surface area contributed by atoms with Crippen molar-refractivity contribution < 1.29 is 117 Å². The van der Waals surface area contributed by atoms with E-state index in [1.807, 2.05) is 0 Å². The van der Waals surface area contributed by atoms with Gasteiger partial charge in [-0.25, -0.2) is 0 Å². The van der Waals surface area contributed by atoms with Gasteiger partial charge in [0.05, 0.1) is 58.5 Å². The molecule has 6 unspecified atom stereocenters. The molecule has 2 saturated heterocycles. The number of ether oxygens (including phenoxy) is 6. The highest BCUT2D eigenvalue weighted by Gasteiger charge is 2.46. The first-order valence-electron chi connectivity index (χ1n) is 31.3. The molecule has 2 aliphatic rings. The summed E-state index contributed by atoms with van der Waals surface area (Å²) in [5.41, 5.74) is -1.96. The largest absolute Gasteiger partial charge is 0.394 e. The Morgan fingerprint density at radius 2 is 0.888 bits per heavy atom. The van der Waals surface area contributed by atoms with Gasteiger partial charge < -0.3 is 105 Å². The lowest BCUT2D eigenvalue weighted by Crippen LogP contribution is -2.64. The molecule has 0 aromatic carbocycles. The van der Waals surface area contributed by atoms with Gasteiger partial charge in [0.1, 0.15) is 65.8 Å². The normalized spacial score (nSPS) is 23.2. The van der Waals surface area contributed by atoms with Gasteiger partial charge in [0, 0.05) is 98.1 Å². The van der Waals surface area contributed by atoms with Gasteiger partial charge in [0.15, 0.2) is 12.6 Å². The van der Waals surface area contributed by atoms with Crippen LogP contribution in [0.4, 0.5) is 0 Å². The van der Waals surface area contributed by atoms with Crippen molar-refractivity contribution in [1.29, 1.82) is 0 Å². The lowest BCUT2D eigenvalue weighted by molar-refractivity contribution is -0.270. The number of nitrogens with one attached hydrogen (secondary N) is 6. The number of amides is 6. The van der Waals surface area contributed by atoms with Gasteiger partial charge in [0.25, 0.3) is 0 Å². The maximum Gasteiger partial charge on any atom is 0.330 e. The zero-order valence-electron chi connectivity index (χ0n) is 52.4. The number of hydrogen-bond acceptors (Lipinski definition) is 23. The Kier molecular flexibility index (Phi) is 41.8. The predicted molar refractivity (Wildman–Crippen MR) is 319 cm³/mol. The minimum Gasteiger partial charge on any atom is -0.394 e. The minimum atomic E-state index is -3.61. The monoisotopic (exact) mass is 1300 g/mol. The van der Waals surface area contributed by atoms with Crippen molar-refractivity contribution in [2.75, 3.05) is 85.7 Å². The van der Waals surface area contributed by atoms with Crippen LogP contribution in [0, 0.1) is 0 Å². The number of hydrogen-bond donors (Lipinski definition) is 14. The molecule has 0 aliphatic carbocycles. The summed E-state index contributed by atoms with van der Waals surface area (Å²) in [5, 5.41) is 86.9. The van der Waals surface area contributed by atoms with E-state index in [1.165, 1.54) is 13.8 Å². The van der Waals surface area contributed by atoms with E-state index in [0.29, 0.717) is 83.6 Å². The number of carbonyl (C=O) groups is 8.